The summed E-state index contributed by atoms with van der Waals surface area (Å²) in [5.41, 5.74) is 2.41. The summed E-state index contributed by atoms with van der Waals surface area (Å²) in [6, 6.07) is 20.9. The van der Waals surface area contributed by atoms with E-state index in [2.05, 4.69) is 60.8 Å². The third kappa shape index (κ3) is 3.82. The van der Waals surface area contributed by atoms with Gasteiger partial charge in [-0.25, -0.2) is 0 Å². The molecule has 0 fully saturated rings. The Balaban J connectivity index is 1.96. The molecule has 0 aromatic heterocycles. The van der Waals surface area contributed by atoms with Crippen LogP contribution in [0.2, 0.25) is 0 Å². The molecule has 1 unspecified atom stereocenters. The van der Waals surface area contributed by atoms with Gasteiger partial charge in [0.2, 0.25) is 0 Å². The van der Waals surface area contributed by atoms with Gasteiger partial charge in [0.05, 0.1) is 5.54 Å². The van der Waals surface area contributed by atoms with E-state index < -0.39 is 0 Å². The highest BCUT2D eigenvalue weighted by molar-refractivity contribution is 6.18. The van der Waals surface area contributed by atoms with Crippen molar-refractivity contribution in [3.63, 3.8) is 0 Å². The summed E-state index contributed by atoms with van der Waals surface area (Å²) < 4.78 is 0. The molecule has 1 nitrogen and oxygen atoms in total. The molecule has 0 saturated carbocycles. The fourth-order valence-corrected chi connectivity index (χ4v) is 2.41. The first kappa shape index (κ1) is 14.1. The molecule has 0 spiro atoms. The highest BCUT2D eigenvalue weighted by atomic mass is 35.5. The van der Waals surface area contributed by atoms with Crippen LogP contribution in [0.25, 0.3) is 0 Å². The first-order valence-corrected chi connectivity index (χ1v) is 7.18. The van der Waals surface area contributed by atoms with Crippen LogP contribution in [0.3, 0.4) is 0 Å². The van der Waals surface area contributed by atoms with E-state index in [-0.39, 0.29) is 5.54 Å². The molecule has 2 aromatic carbocycles. The molecule has 0 aliphatic rings. The van der Waals surface area contributed by atoms with Crippen molar-refractivity contribution in [1.29, 1.82) is 0 Å². The van der Waals surface area contributed by atoms with Crippen molar-refractivity contribution in [2.45, 2.75) is 18.9 Å². The molecule has 0 radical (unpaired) electrons. The monoisotopic (exact) mass is 273 g/mol. The van der Waals surface area contributed by atoms with Crippen molar-refractivity contribution in [3.8, 4) is 0 Å². The number of hydrogen-bond acceptors (Lipinski definition) is 1. The molecule has 0 aliphatic carbocycles. The van der Waals surface area contributed by atoms with Crippen molar-refractivity contribution >= 4 is 11.6 Å². The van der Waals surface area contributed by atoms with E-state index in [0.717, 1.165) is 13.0 Å². The molecule has 1 N–H and O–H groups in total. The largest absolute Gasteiger partial charge is 0.306 e. The van der Waals surface area contributed by atoms with Gasteiger partial charge in [0.25, 0.3) is 0 Å². The molecule has 1 atom stereocenters. The van der Waals surface area contributed by atoms with Gasteiger partial charge in [-0.15, -0.1) is 11.6 Å². The molecule has 2 aromatic rings. The van der Waals surface area contributed by atoms with Crippen molar-refractivity contribution in [2.75, 3.05) is 12.4 Å². The van der Waals surface area contributed by atoms with Crippen LogP contribution in [0.15, 0.2) is 60.7 Å². The van der Waals surface area contributed by atoms with Gasteiger partial charge in [0.1, 0.15) is 0 Å². The Kier molecular flexibility index (Phi) is 5.00. The number of nitrogens with one attached hydrogen (secondary N) is 1. The van der Waals surface area contributed by atoms with E-state index in [4.69, 9.17) is 11.6 Å². The predicted octanol–water partition coefficient (Wildman–Crippen LogP) is 3.97. The van der Waals surface area contributed by atoms with Gasteiger partial charge < -0.3 is 5.32 Å². The Labute approximate surface area is 120 Å². The summed E-state index contributed by atoms with van der Waals surface area (Å²) in [5, 5.41) is 3.58. The maximum Gasteiger partial charge on any atom is 0.0543 e. The van der Waals surface area contributed by atoms with E-state index in [0.29, 0.717) is 5.88 Å². The van der Waals surface area contributed by atoms with Gasteiger partial charge in [0, 0.05) is 12.4 Å². The first-order chi connectivity index (χ1) is 9.24. The summed E-state index contributed by atoms with van der Waals surface area (Å²) in [4.78, 5) is 0. The Morgan fingerprint density at radius 1 is 0.947 bits per heavy atom. The highest BCUT2D eigenvalue weighted by Gasteiger charge is 2.24. The molecule has 2 heteroatoms. The van der Waals surface area contributed by atoms with Crippen LogP contribution in [-0.2, 0) is 12.0 Å². The summed E-state index contributed by atoms with van der Waals surface area (Å²) >= 11 is 6.16. The molecule has 0 aliphatic heterocycles. The summed E-state index contributed by atoms with van der Waals surface area (Å²) in [6.07, 6.45) is 1.01. The minimum absolute atomic E-state index is 0.169. The Bertz CT molecular complexity index is 483. The van der Waals surface area contributed by atoms with Crippen LogP contribution in [0.5, 0.6) is 0 Å². The summed E-state index contributed by atoms with van der Waals surface area (Å²) in [6.45, 7) is 3.07. The lowest BCUT2D eigenvalue weighted by atomic mass is 9.94. The van der Waals surface area contributed by atoms with Crippen LogP contribution in [0.4, 0.5) is 0 Å². The van der Waals surface area contributed by atoms with Crippen molar-refractivity contribution in [3.05, 3.63) is 71.8 Å². The van der Waals surface area contributed by atoms with Crippen LogP contribution >= 0.6 is 11.6 Å². The molecule has 0 saturated heterocycles. The van der Waals surface area contributed by atoms with E-state index in [1.165, 1.54) is 11.1 Å². The third-order valence-corrected chi connectivity index (χ3v) is 3.98. The molecule has 0 bridgehead atoms. The molecule has 0 amide bonds. The fourth-order valence-electron chi connectivity index (χ4n) is 2.16. The zero-order valence-electron chi connectivity index (χ0n) is 11.3. The van der Waals surface area contributed by atoms with Crippen LogP contribution < -0.4 is 5.32 Å². The lowest BCUT2D eigenvalue weighted by molar-refractivity contribution is 0.412. The summed E-state index contributed by atoms with van der Waals surface area (Å²) in [7, 11) is 0. The zero-order chi connectivity index (χ0) is 13.6. The number of halogens is 1. The smallest absolute Gasteiger partial charge is 0.0543 e. The Hall–Kier alpha value is -1.31. The lowest BCUT2D eigenvalue weighted by Gasteiger charge is -2.29. The van der Waals surface area contributed by atoms with Crippen LogP contribution in [0, 0.1) is 0 Å². The zero-order valence-corrected chi connectivity index (χ0v) is 12.0. The predicted molar refractivity (Wildman–Crippen MR) is 82.7 cm³/mol. The molecule has 19 heavy (non-hydrogen) atoms. The molecule has 0 heterocycles. The average molecular weight is 274 g/mol. The quantitative estimate of drug-likeness (QED) is 0.785. The second-order valence-electron chi connectivity index (χ2n) is 4.99. The number of hydrogen-bond donors (Lipinski definition) is 1. The average Bonchev–Trinajstić information content (AvgIpc) is 2.49. The van der Waals surface area contributed by atoms with Gasteiger partial charge in [0.15, 0.2) is 0 Å². The van der Waals surface area contributed by atoms with Crippen LogP contribution in [0.1, 0.15) is 18.1 Å². The molecular weight excluding hydrogens is 254 g/mol. The minimum atomic E-state index is -0.169. The number of benzene rings is 2. The van der Waals surface area contributed by atoms with E-state index in [9.17, 15) is 0 Å². The lowest BCUT2D eigenvalue weighted by Crippen LogP contribution is -2.42. The molecule has 100 valence electrons. The van der Waals surface area contributed by atoms with E-state index in [1.807, 2.05) is 12.1 Å². The topological polar surface area (TPSA) is 12.0 Å². The standard InChI is InChI=1S/C17H20ClN/c1-17(14-18,16-10-6-3-7-11-16)19-13-12-15-8-4-2-5-9-15/h2-11,19H,12-14H2,1H3. The second kappa shape index (κ2) is 6.74. The van der Waals surface area contributed by atoms with Gasteiger partial charge >= 0.3 is 0 Å². The summed E-state index contributed by atoms with van der Waals surface area (Å²) in [5.74, 6) is 0.561. The third-order valence-electron chi connectivity index (χ3n) is 3.45. The molecular formula is C17H20ClN. The first-order valence-electron chi connectivity index (χ1n) is 6.65. The van der Waals surface area contributed by atoms with Gasteiger partial charge in [-0.3, -0.25) is 0 Å². The van der Waals surface area contributed by atoms with Crippen molar-refractivity contribution in [1.82, 2.24) is 5.32 Å². The fraction of sp³-hybridized carbons (Fsp3) is 0.294. The maximum absolute atomic E-state index is 6.16. The normalized spacial score (nSPS) is 14.0. The van der Waals surface area contributed by atoms with Gasteiger partial charge in [-0.2, -0.15) is 0 Å². The van der Waals surface area contributed by atoms with E-state index >= 15 is 0 Å². The Morgan fingerprint density at radius 2 is 1.53 bits per heavy atom. The van der Waals surface area contributed by atoms with E-state index in [1.54, 1.807) is 0 Å². The number of rotatable bonds is 6. The highest BCUT2D eigenvalue weighted by Crippen LogP contribution is 2.21. The SMILES string of the molecule is CC(CCl)(NCCc1ccccc1)c1ccccc1. The van der Waals surface area contributed by atoms with Crippen LogP contribution in [-0.4, -0.2) is 12.4 Å². The maximum atomic E-state index is 6.16. The minimum Gasteiger partial charge on any atom is -0.306 e. The Morgan fingerprint density at radius 3 is 2.11 bits per heavy atom. The second-order valence-corrected chi connectivity index (χ2v) is 5.26. The molecule has 2 rings (SSSR count). The number of alkyl halides is 1. The van der Waals surface area contributed by atoms with Gasteiger partial charge in [-0.1, -0.05) is 60.7 Å². The van der Waals surface area contributed by atoms with Gasteiger partial charge in [-0.05, 0) is 24.5 Å². The van der Waals surface area contributed by atoms with Crippen molar-refractivity contribution < 1.29 is 0 Å². The van der Waals surface area contributed by atoms with Crippen molar-refractivity contribution in [2.24, 2.45) is 0 Å².